The van der Waals surface area contributed by atoms with E-state index < -0.39 is 0 Å². The van der Waals surface area contributed by atoms with Crippen molar-refractivity contribution in [3.05, 3.63) is 23.3 Å². The summed E-state index contributed by atoms with van der Waals surface area (Å²) in [4.78, 5) is 16.9. The van der Waals surface area contributed by atoms with Crippen LogP contribution < -0.4 is 15.2 Å². The Morgan fingerprint density at radius 2 is 1.88 bits per heavy atom. The van der Waals surface area contributed by atoms with Gasteiger partial charge in [-0.2, -0.15) is 0 Å². The molecule has 3 unspecified atom stereocenters. The lowest BCUT2D eigenvalue weighted by Gasteiger charge is -2.48. The van der Waals surface area contributed by atoms with E-state index in [0.29, 0.717) is 18.4 Å². The number of methoxy groups -OCH3 is 2. The van der Waals surface area contributed by atoms with Crippen LogP contribution in [-0.4, -0.2) is 61.6 Å². The SMILES string of the molecule is COc1cc2c(cc1OC)C1CC(N)C(N3C[C@H](C)CC3=O)CN1CC2. The third kappa shape index (κ3) is 2.85. The van der Waals surface area contributed by atoms with E-state index in [9.17, 15) is 4.79 Å². The highest BCUT2D eigenvalue weighted by atomic mass is 16.5. The first-order chi connectivity index (χ1) is 12.5. The van der Waals surface area contributed by atoms with Crippen molar-refractivity contribution >= 4 is 5.91 Å². The first kappa shape index (κ1) is 17.6. The van der Waals surface area contributed by atoms with Crippen LogP contribution in [0.1, 0.15) is 36.9 Å². The first-order valence-electron chi connectivity index (χ1n) is 9.55. The van der Waals surface area contributed by atoms with Gasteiger partial charge in [-0.1, -0.05) is 6.92 Å². The zero-order valence-corrected chi connectivity index (χ0v) is 15.9. The largest absolute Gasteiger partial charge is 0.493 e. The fourth-order valence-corrected chi connectivity index (χ4v) is 4.93. The maximum Gasteiger partial charge on any atom is 0.223 e. The Morgan fingerprint density at radius 3 is 2.54 bits per heavy atom. The molecular weight excluding hydrogens is 330 g/mol. The van der Waals surface area contributed by atoms with Crippen LogP contribution in [0.2, 0.25) is 0 Å². The maximum absolute atomic E-state index is 12.4. The van der Waals surface area contributed by atoms with Gasteiger partial charge in [0, 0.05) is 38.1 Å². The van der Waals surface area contributed by atoms with E-state index in [0.717, 1.165) is 44.0 Å². The van der Waals surface area contributed by atoms with Crippen molar-refractivity contribution in [3.8, 4) is 11.5 Å². The predicted octanol–water partition coefficient (Wildman–Crippen LogP) is 1.57. The molecule has 6 heteroatoms. The van der Waals surface area contributed by atoms with Crippen molar-refractivity contribution in [2.24, 2.45) is 11.7 Å². The molecule has 2 N–H and O–H groups in total. The first-order valence-corrected chi connectivity index (χ1v) is 9.55. The van der Waals surface area contributed by atoms with Crippen molar-refractivity contribution in [1.82, 2.24) is 9.80 Å². The summed E-state index contributed by atoms with van der Waals surface area (Å²) >= 11 is 0. The van der Waals surface area contributed by atoms with E-state index in [4.69, 9.17) is 15.2 Å². The highest BCUT2D eigenvalue weighted by Crippen LogP contribution is 2.42. The molecule has 0 aromatic heterocycles. The van der Waals surface area contributed by atoms with Gasteiger partial charge in [-0.05, 0) is 42.0 Å². The number of amides is 1. The summed E-state index contributed by atoms with van der Waals surface area (Å²) < 4.78 is 11.0. The topological polar surface area (TPSA) is 68.0 Å². The number of hydrogen-bond donors (Lipinski definition) is 1. The third-order valence-electron chi connectivity index (χ3n) is 6.28. The molecule has 0 aliphatic carbocycles. The predicted molar refractivity (Wildman–Crippen MR) is 99.4 cm³/mol. The Hall–Kier alpha value is -1.79. The van der Waals surface area contributed by atoms with E-state index in [1.54, 1.807) is 14.2 Å². The van der Waals surface area contributed by atoms with Crippen LogP contribution in [0.4, 0.5) is 0 Å². The summed E-state index contributed by atoms with van der Waals surface area (Å²) in [5, 5.41) is 0. The van der Waals surface area contributed by atoms with E-state index in [2.05, 4.69) is 24.0 Å². The van der Waals surface area contributed by atoms with E-state index in [-0.39, 0.29) is 18.0 Å². The molecule has 0 spiro atoms. The van der Waals surface area contributed by atoms with Gasteiger partial charge in [-0.3, -0.25) is 9.69 Å². The molecule has 1 amide bonds. The molecular formula is C20H29N3O3. The van der Waals surface area contributed by atoms with E-state index >= 15 is 0 Å². The second kappa shape index (κ2) is 6.74. The number of nitrogens with two attached hydrogens (primary N) is 1. The van der Waals surface area contributed by atoms with Crippen molar-refractivity contribution in [1.29, 1.82) is 0 Å². The summed E-state index contributed by atoms with van der Waals surface area (Å²) in [7, 11) is 3.35. The normalized spacial score (nSPS) is 31.5. The monoisotopic (exact) mass is 359 g/mol. The third-order valence-corrected chi connectivity index (χ3v) is 6.28. The highest BCUT2D eigenvalue weighted by Gasteiger charge is 2.43. The molecule has 4 rings (SSSR count). The molecule has 3 aliphatic heterocycles. The van der Waals surface area contributed by atoms with Gasteiger partial charge < -0.3 is 20.1 Å². The fourth-order valence-electron chi connectivity index (χ4n) is 4.93. The fraction of sp³-hybridized carbons (Fsp3) is 0.650. The molecule has 2 fully saturated rings. The van der Waals surface area contributed by atoms with Gasteiger partial charge in [0.25, 0.3) is 0 Å². The molecule has 4 atom stereocenters. The Bertz CT molecular complexity index is 708. The van der Waals surface area contributed by atoms with Crippen LogP contribution in [-0.2, 0) is 11.2 Å². The molecule has 142 valence electrons. The van der Waals surface area contributed by atoms with Gasteiger partial charge in [0.1, 0.15) is 0 Å². The van der Waals surface area contributed by atoms with Crippen molar-refractivity contribution in [3.63, 3.8) is 0 Å². The van der Waals surface area contributed by atoms with Crippen LogP contribution in [0.25, 0.3) is 0 Å². The van der Waals surface area contributed by atoms with E-state index in [1.807, 2.05) is 4.90 Å². The van der Waals surface area contributed by atoms with Crippen LogP contribution in [0, 0.1) is 5.92 Å². The number of ether oxygens (including phenoxy) is 2. The molecule has 0 radical (unpaired) electrons. The standard InChI is InChI=1S/C20H29N3O3/c1-12-6-20(24)23(10-12)17-11-22-5-4-13-7-18(25-2)19(26-3)8-14(13)16(22)9-15(17)21/h7-8,12,15-17H,4-6,9-11,21H2,1-3H3/t12-,15?,16?,17?/m1/s1. The number of nitrogens with zero attached hydrogens (tertiary/aromatic N) is 2. The number of carbonyl (C=O) groups is 1. The summed E-state index contributed by atoms with van der Waals surface area (Å²) in [6.07, 6.45) is 2.51. The van der Waals surface area contributed by atoms with Gasteiger partial charge in [0.05, 0.1) is 20.3 Å². The maximum atomic E-state index is 12.4. The second-order valence-corrected chi connectivity index (χ2v) is 7.99. The van der Waals surface area contributed by atoms with Crippen molar-refractivity contribution < 1.29 is 14.3 Å². The Balaban J connectivity index is 1.60. The zero-order valence-electron chi connectivity index (χ0n) is 15.9. The zero-order chi connectivity index (χ0) is 18.4. The summed E-state index contributed by atoms with van der Waals surface area (Å²) in [5.41, 5.74) is 9.20. The molecule has 3 aliphatic rings. The van der Waals surface area contributed by atoms with Gasteiger partial charge in [0.2, 0.25) is 5.91 Å². The molecule has 6 nitrogen and oxygen atoms in total. The average Bonchev–Trinajstić information content (AvgIpc) is 2.97. The highest BCUT2D eigenvalue weighted by molar-refractivity contribution is 5.79. The molecule has 0 saturated carbocycles. The molecule has 1 aromatic rings. The number of hydrogen-bond acceptors (Lipinski definition) is 5. The molecule has 0 bridgehead atoms. The van der Waals surface area contributed by atoms with Gasteiger partial charge in [-0.25, -0.2) is 0 Å². The van der Waals surface area contributed by atoms with E-state index in [1.165, 1.54) is 11.1 Å². The number of likely N-dealkylation sites (tertiary alicyclic amines) is 1. The van der Waals surface area contributed by atoms with Crippen LogP contribution in [0.15, 0.2) is 12.1 Å². The number of carbonyl (C=O) groups excluding carboxylic acids is 1. The molecule has 3 heterocycles. The molecule has 2 saturated heterocycles. The Kier molecular flexibility index (Phi) is 4.57. The van der Waals surface area contributed by atoms with Gasteiger partial charge >= 0.3 is 0 Å². The smallest absolute Gasteiger partial charge is 0.223 e. The lowest BCUT2D eigenvalue weighted by molar-refractivity contribution is -0.131. The minimum atomic E-state index is 0.00421. The number of benzene rings is 1. The van der Waals surface area contributed by atoms with Crippen LogP contribution in [0.5, 0.6) is 11.5 Å². The number of fused-ring (bicyclic) bond motifs is 3. The average molecular weight is 359 g/mol. The van der Waals surface area contributed by atoms with Crippen molar-refractivity contribution in [2.75, 3.05) is 33.9 Å². The summed E-state index contributed by atoms with van der Waals surface area (Å²) in [6, 6.07) is 4.64. The van der Waals surface area contributed by atoms with Crippen LogP contribution >= 0.6 is 0 Å². The minimum absolute atomic E-state index is 0.00421. The lowest BCUT2D eigenvalue weighted by Crippen LogP contribution is -2.60. The van der Waals surface area contributed by atoms with Gasteiger partial charge in [-0.15, -0.1) is 0 Å². The van der Waals surface area contributed by atoms with Crippen molar-refractivity contribution in [2.45, 2.75) is 44.3 Å². The Morgan fingerprint density at radius 1 is 1.15 bits per heavy atom. The minimum Gasteiger partial charge on any atom is -0.493 e. The second-order valence-electron chi connectivity index (χ2n) is 7.99. The lowest BCUT2D eigenvalue weighted by atomic mass is 9.83. The van der Waals surface area contributed by atoms with Gasteiger partial charge in [0.15, 0.2) is 11.5 Å². The molecule has 26 heavy (non-hydrogen) atoms. The summed E-state index contributed by atoms with van der Waals surface area (Å²) in [5.74, 6) is 2.26. The van der Waals surface area contributed by atoms with Crippen LogP contribution in [0.3, 0.4) is 0 Å². The summed E-state index contributed by atoms with van der Waals surface area (Å²) in [6.45, 7) is 4.84. The Labute approximate surface area is 155 Å². The quantitative estimate of drug-likeness (QED) is 0.887. The number of rotatable bonds is 3. The molecule has 1 aromatic carbocycles. The number of piperidine rings is 1.